The standard InChI is InChI=1S/C13H13N3O/c14-13-7-12(15-8-16-13)9-1-3-10(4-2-9)17-11-5-6-11/h1-4,7-8,11H,5-6H2,(H2,14,15,16). The molecule has 1 aliphatic carbocycles. The molecule has 4 heteroatoms. The van der Waals surface area contributed by atoms with E-state index in [1.807, 2.05) is 24.3 Å². The monoisotopic (exact) mass is 227 g/mol. The van der Waals surface area contributed by atoms with Crippen LogP contribution in [-0.2, 0) is 0 Å². The molecule has 86 valence electrons. The molecule has 0 amide bonds. The highest BCUT2D eigenvalue weighted by molar-refractivity contribution is 5.62. The predicted octanol–water partition coefficient (Wildman–Crippen LogP) is 2.27. The summed E-state index contributed by atoms with van der Waals surface area (Å²) in [7, 11) is 0. The maximum atomic E-state index is 5.68. The van der Waals surface area contributed by atoms with Crippen molar-refractivity contribution < 1.29 is 4.74 Å². The summed E-state index contributed by atoms with van der Waals surface area (Å²) in [6.45, 7) is 0. The lowest BCUT2D eigenvalue weighted by atomic mass is 10.1. The van der Waals surface area contributed by atoms with Crippen LogP contribution in [0.2, 0.25) is 0 Å². The summed E-state index contributed by atoms with van der Waals surface area (Å²) in [5.41, 5.74) is 7.47. The van der Waals surface area contributed by atoms with Crippen LogP contribution >= 0.6 is 0 Å². The van der Waals surface area contributed by atoms with Crippen LogP contribution in [0, 0.1) is 0 Å². The lowest BCUT2D eigenvalue weighted by Gasteiger charge is -2.05. The Morgan fingerprint density at radius 3 is 2.53 bits per heavy atom. The molecule has 3 rings (SSSR count). The number of hydrogen-bond donors (Lipinski definition) is 1. The molecule has 0 bridgehead atoms. The van der Waals surface area contributed by atoms with Gasteiger partial charge in [0, 0.05) is 11.6 Å². The first-order chi connectivity index (χ1) is 8.31. The molecule has 0 spiro atoms. The van der Waals surface area contributed by atoms with Crippen LogP contribution in [0.5, 0.6) is 5.75 Å². The van der Waals surface area contributed by atoms with Crippen LogP contribution in [-0.4, -0.2) is 16.1 Å². The number of benzene rings is 1. The fourth-order valence-corrected chi connectivity index (χ4v) is 1.61. The highest BCUT2D eigenvalue weighted by Gasteiger charge is 2.23. The van der Waals surface area contributed by atoms with Crippen molar-refractivity contribution in [1.82, 2.24) is 9.97 Å². The maximum absolute atomic E-state index is 5.68. The molecule has 1 aliphatic rings. The normalized spacial score (nSPS) is 14.6. The Morgan fingerprint density at radius 1 is 1.12 bits per heavy atom. The zero-order valence-electron chi connectivity index (χ0n) is 9.34. The second-order valence-electron chi connectivity index (χ2n) is 4.17. The minimum atomic E-state index is 0.426. The van der Waals surface area contributed by atoms with Gasteiger partial charge in [-0.05, 0) is 37.1 Å². The van der Waals surface area contributed by atoms with Gasteiger partial charge in [-0.3, -0.25) is 0 Å². The molecular weight excluding hydrogens is 214 g/mol. The minimum absolute atomic E-state index is 0.426. The van der Waals surface area contributed by atoms with E-state index in [2.05, 4.69) is 9.97 Å². The van der Waals surface area contributed by atoms with Gasteiger partial charge in [0.15, 0.2) is 0 Å². The number of aromatic nitrogens is 2. The van der Waals surface area contributed by atoms with Crippen molar-refractivity contribution in [2.24, 2.45) is 0 Å². The van der Waals surface area contributed by atoms with E-state index in [1.165, 1.54) is 19.2 Å². The molecule has 1 heterocycles. The Bertz CT molecular complexity index is 520. The van der Waals surface area contributed by atoms with Gasteiger partial charge in [0.25, 0.3) is 0 Å². The molecule has 2 aromatic rings. The third-order valence-electron chi connectivity index (χ3n) is 2.67. The summed E-state index contributed by atoms with van der Waals surface area (Å²) in [4.78, 5) is 8.05. The van der Waals surface area contributed by atoms with Crippen molar-refractivity contribution in [2.75, 3.05) is 5.73 Å². The molecule has 1 saturated carbocycles. The molecule has 0 saturated heterocycles. The zero-order chi connectivity index (χ0) is 11.7. The predicted molar refractivity (Wildman–Crippen MR) is 65.5 cm³/mol. The Labute approximate surface area is 99.5 Å². The van der Waals surface area contributed by atoms with E-state index in [0.29, 0.717) is 11.9 Å². The molecule has 1 aromatic heterocycles. The summed E-state index contributed by atoms with van der Waals surface area (Å²) in [6, 6.07) is 9.66. The maximum Gasteiger partial charge on any atom is 0.127 e. The molecule has 1 fully saturated rings. The molecule has 0 atom stereocenters. The summed E-state index contributed by atoms with van der Waals surface area (Å²) in [6.07, 6.45) is 4.24. The van der Waals surface area contributed by atoms with Gasteiger partial charge < -0.3 is 10.5 Å². The number of rotatable bonds is 3. The molecule has 0 radical (unpaired) electrons. The summed E-state index contributed by atoms with van der Waals surface area (Å²) in [5.74, 6) is 1.39. The molecule has 17 heavy (non-hydrogen) atoms. The average molecular weight is 227 g/mol. The third-order valence-corrected chi connectivity index (χ3v) is 2.67. The smallest absolute Gasteiger partial charge is 0.127 e. The first kappa shape index (κ1) is 10.1. The fraction of sp³-hybridized carbons (Fsp3) is 0.231. The Kier molecular flexibility index (Phi) is 2.40. The van der Waals surface area contributed by atoms with Gasteiger partial charge in [-0.1, -0.05) is 0 Å². The quantitative estimate of drug-likeness (QED) is 0.873. The molecule has 0 unspecified atom stereocenters. The Morgan fingerprint density at radius 2 is 1.88 bits per heavy atom. The lowest BCUT2D eigenvalue weighted by Crippen LogP contribution is -1.96. The van der Waals surface area contributed by atoms with Crippen LogP contribution in [0.4, 0.5) is 5.82 Å². The number of ether oxygens (including phenoxy) is 1. The average Bonchev–Trinajstić information content (AvgIpc) is 3.14. The topological polar surface area (TPSA) is 61.0 Å². The van der Waals surface area contributed by atoms with Crippen molar-refractivity contribution in [2.45, 2.75) is 18.9 Å². The number of anilines is 1. The van der Waals surface area contributed by atoms with Crippen LogP contribution in [0.25, 0.3) is 11.3 Å². The van der Waals surface area contributed by atoms with E-state index in [-0.39, 0.29) is 0 Å². The molecular formula is C13H13N3O. The fourth-order valence-electron chi connectivity index (χ4n) is 1.61. The summed E-state index contributed by atoms with van der Waals surface area (Å²) < 4.78 is 5.68. The highest BCUT2D eigenvalue weighted by Crippen LogP contribution is 2.28. The van der Waals surface area contributed by atoms with Crippen LogP contribution in [0.15, 0.2) is 36.7 Å². The summed E-state index contributed by atoms with van der Waals surface area (Å²) in [5, 5.41) is 0. The zero-order valence-corrected chi connectivity index (χ0v) is 9.34. The van der Waals surface area contributed by atoms with E-state index in [9.17, 15) is 0 Å². The Hall–Kier alpha value is -2.10. The minimum Gasteiger partial charge on any atom is -0.490 e. The van der Waals surface area contributed by atoms with Gasteiger partial charge in [-0.2, -0.15) is 0 Å². The van der Waals surface area contributed by atoms with Crippen LogP contribution in [0.1, 0.15) is 12.8 Å². The first-order valence-corrected chi connectivity index (χ1v) is 5.66. The third kappa shape index (κ3) is 2.36. The first-order valence-electron chi connectivity index (χ1n) is 5.66. The van der Waals surface area contributed by atoms with E-state index in [1.54, 1.807) is 6.07 Å². The second kappa shape index (κ2) is 4.05. The van der Waals surface area contributed by atoms with Crippen molar-refractivity contribution in [3.8, 4) is 17.0 Å². The van der Waals surface area contributed by atoms with Crippen LogP contribution < -0.4 is 10.5 Å². The molecule has 1 aromatic carbocycles. The van der Waals surface area contributed by atoms with E-state index in [0.717, 1.165) is 17.0 Å². The highest BCUT2D eigenvalue weighted by atomic mass is 16.5. The van der Waals surface area contributed by atoms with Gasteiger partial charge in [0.1, 0.15) is 17.9 Å². The van der Waals surface area contributed by atoms with E-state index >= 15 is 0 Å². The summed E-state index contributed by atoms with van der Waals surface area (Å²) >= 11 is 0. The second-order valence-corrected chi connectivity index (χ2v) is 4.17. The van der Waals surface area contributed by atoms with Gasteiger partial charge >= 0.3 is 0 Å². The van der Waals surface area contributed by atoms with Gasteiger partial charge in [0.05, 0.1) is 11.8 Å². The number of hydrogen-bond acceptors (Lipinski definition) is 4. The van der Waals surface area contributed by atoms with E-state index in [4.69, 9.17) is 10.5 Å². The number of nitrogens with two attached hydrogens (primary N) is 1. The number of nitrogens with zero attached hydrogens (tertiary/aromatic N) is 2. The molecule has 0 aliphatic heterocycles. The molecule has 2 N–H and O–H groups in total. The van der Waals surface area contributed by atoms with Crippen molar-refractivity contribution in [1.29, 1.82) is 0 Å². The van der Waals surface area contributed by atoms with Crippen molar-refractivity contribution in [3.05, 3.63) is 36.7 Å². The van der Waals surface area contributed by atoms with Gasteiger partial charge in [-0.15, -0.1) is 0 Å². The lowest BCUT2D eigenvalue weighted by molar-refractivity contribution is 0.303. The SMILES string of the molecule is Nc1cc(-c2ccc(OC3CC3)cc2)ncn1. The van der Waals surface area contributed by atoms with Crippen LogP contribution in [0.3, 0.4) is 0 Å². The van der Waals surface area contributed by atoms with E-state index < -0.39 is 0 Å². The molecule has 4 nitrogen and oxygen atoms in total. The number of nitrogen functional groups attached to an aromatic ring is 1. The van der Waals surface area contributed by atoms with Crippen molar-refractivity contribution in [3.63, 3.8) is 0 Å². The van der Waals surface area contributed by atoms with Gasteiger partial charge in [-0.25, -0.2) is 9.97 Å². The van der Waals surface area contributed by atoms with Gasteiger partial charge in [0.2, 0.25) is 0 Å². The Balaban J connectivity index is 1.83. The largest absolute Gasteiger partial charge is 0.490 e. The van der Waals surface area contributed by atoms with Crippen molar-refractivity contribution >= 4 is 5.82 Å².